The highest BCUT2D eigenvalue weighted by Gasteiger charge is 2.21. The fourth-order valence-electron chi connectivity index (χ4n) is 3.29. The highest BCUT2D eigenvalue weighted by molar-refractivity contribution is 7.91. The van der Waals surface area contributed by atoms with Gasteiger partial charge in [-0.15, -0.1) is 0 Å². The van der Waals surface area contributed by atoms with E-state index in [-0.39, 0.29) is 0 Å². The molecule has 4 rings (SSSR count). The Morgan fingerprint density at radius 3 is 2.59 bits per heavy atom. The molecule has 0 aliphatic carbocycles. The Balaban J connectivity index is 1.57. The molecule has 152 valence electrons. The highest BCUT2D eigenvalue weighted by atomic mass is 32.2. The van der Waals surface area contributed by atoms with E-state index >= 15 is 0 Å². The third-order valence-corrected chi connectivity index (χ3v) is 6.04. The van der Waals surface area contributed by atoms with Crippen molar-refractivity contribution in [1.29, 1.82) is 0 Å². The summed E-state index contributed by atoms with van der Waals surface area (Å²) in [5.74, 6) is 3.46. The summed E-state index contributed by atoms with van der Waals surface area (Å²) in [6.45, 7) is 5.39. The number of aryl methyl sites for hydroxylation is 2. The molecule has 1 N–H and O–H groups in total. The van der Waals surface area contributed by atoms with Crippen LogP contribution in [-0.2, 0) is 11.2 Å². The third-order valence-electron chi connectivity index (χ3n) is 4.77. The lowest BCUT2D eigenvalue weighted by Gasteiger charge is -2.29. The molecule has 2 aromatic heterocycles. The molecule has 1 aliphatic rings. The molecule has 1 aliphatic heterocycles. The van der Waals surface area contributed by atoms with Gasteiger partial charge in [-0.1, -0.05) is 11.2 Å². The second-order valence-corrected chi connectivity index (χ2v) is 8.66. The summed E-state index contributed by atoms with van der Waals surface area (Å²) in [5.41, 5.74) is 3.56. The van der Waals surface area contributed by atoms with E-state index in [9.17, 15) is 4.55 Å². The molecule has 29 heavy (non-hydrogen) atoms. The van der Waals surface area contributed by atoms with Crippen molar-refractivity contribution in [3.05, 3.63) is 48.2 Å². The maximum atomic E-state index is 11.6. The Kier molecular flexibility index (Phi) is 5.59. The van der Waals surface area contributed by atoms with Crippen LogP contribution in [0.3, 0.4) is 0 Å². The summed E-state index contributed by atoms with van der Waals surface area (Å²) < 4.78 is 19.1. The SMILES string of the molecule is COc1cc(Nc2nc(C)cc(N3CC[S+]([O-])CC3)n2)ccc1-n1cnc(C)c1. The maximum Gasteiger partial charge on any atom is 0.229 e. The number of aromatic nitrogens is 4. The predicted octanol–water partition coefficient (Wildman–Crippen LogP) is 2.60. The Morgan fingerprint density at radius 1 is 1.10 bits per heavy atom. The number of nitrogens with zero attached hydrogens (tertiary/aromatic N) is 5. The van der Waals surface area contributed by atoms with Gasteiger partial charge in [0, 0.05) is 29.7 Å². The van der Waals surface area contributed by atoms with Gasteiger partial charge < -0.3 is 24.1 Å². The normalized spacial score (nSPS) is 14.8. The van der Waals surface area contributed by atoms with Crippen molar-refractivity contribution in [1.82, 2.24) is 19.5 Å². The van der Waals surface area contributed by atoms with Gasteiger partial charge in [0.25, 0.3) is 0 Å². The molecule has 3 heterocycles. The number of hydrogen-bond acceptors (Lipinski definition) is 7. The van der Waals surface area contributed by atoms with Crippen molar-refractivity contribution < 1.29 is 9.29 Å². The average molecular weight is 413 g/mol. The molecule has 1 aromatic carbocycles. The van der Waals surface area contributed by atoms with E-state index in [1.807, 2.05) is 48.9 Å². The fraction of sp³-hybridized carbons (Fsp3) is 0.350. The van der Waals surface area contributed by atoms with Crippen LogP contribution in [-0.4, -0.2) is 55.8 Å². The molecule has 0 unspecified atom stereocenters. The van der Waals surface area contributed by atoms with Gasteiger partial charge in [0.15, 0.2) is 0 Å². The molecule has 0 radical (unpaired) electrons. The zero-order valence-corrected chi connectivity index (χ0v) is 17.6. The molecule has 0 spiro atoms. The molecule has 0 amide bonds. The van der Waals surface area contributed by atoms with Gasteiger partial charge in [0.05, 0.1) is 37.9 Å². The number of imidazole rings is 1. The number of rotatable bonds is 5. The van der Waals surface area contributed by atoms with Crippen LogP contribution in [0.25, 0.3) is 5.69 Å². The standard InChI is InChI=1S/C20H24N6O2S/c1-14-10-19(25-6-8-29(27)9-7-25)24-20(22-14)23-16-4-5-17(18(11-16)28-3)26-12-15(2)21-13-26/h4-5,10-13H,6-9H2,1-3H3,(H,22,23,24). The van der Waals surface area contributed by atoms with Gasteiger partial charge in [-0.3, -0.25) is 0 Å². The van der Waals surface area contributed by atoms with Gasteiger partial charge >= 0.3 is 0 Å². The molecule has 8 nitrogen and oxygen atoms in total. The van der Waals surface area contributed by atoms with Crippen molar-refractivity contribution in [2.75, 3.05) is 41.9 Å². The van der Waals surface area contributed by atoms with Crippen molar-refractivity contribution in [2.24, 2.45) is 0 Å². The third kappa shape index (κ3) is 4.46. The van der Waals surface area contributed by atoms with E-state index in [4.69, 9.17) is 4.74 Å². The van der Waals surface area contributed by atoms with Gasteiger partial charge in [0.1, 0.15) is 23.1 Å². The Labute approximate surface area is 173 Å². The fourth-order valence-corrected chi connectivity index (χ4v) is 4.34. The van der Waals surface area contributed by atoms with E-state index in [0.29, 0.717) is 17.5 Å². The minimum Gasteiger partial charge on any atom is -0.616 e. The van der Waals surface area contributed by atoms with Crippen LogP contribution < -0.4 is 15.0 Å². The zero-order valence-electron chi connectivity index (χ0n) is 16.8. The predicted molar refractivity (Wildman–Crippen MR) is 115 cm³/mol. The summed E-state index contributed by atoms with van der Waals surface area (Å²) in [6.07, 6.45) is 3.72. The van der Waals surface area contributed by atoms with Gasteiger partial charge in [-0.2, -0.15) is 4.98 Å². The highest BCUT2D eigenvalue weighted by Crippen LogP contribution is 2.28. The van der Waals surface area contributed by atoms with E-state index in [2.05, 4.69) is 25.2 Å². The first-order valence-electron chi connectivity index (χ1n) is 9.43. The molecule has 0 atom stereocenters. The maximum absolute atomic E-state index is 11.6. The first kappa shape index (κ1) is 19.5. The smallest absolute Gasteiger partial charge is 0.229 e. The summed E-state index contributed by atoms with van der Waals surface area (Å²) in [5, 5.41) is 3.28. The van der Waals surface area contributed by atoms with Crippen LogP contribution in [0, 0.1) is 13.8 Å². The van der Waals surface area contributed by atoms with Crippen molar-refractivity contribution >= 4 is 28.6 Å². The van der Waals surface area contributed by atoms with Crippen LogP contribution >= 0.6 is 0 Å². The quantitative estimate of drug-likeness (QED) is 0.644. The van der Waals surface area contributed by atoms with E-state index < -0.39 is 11.2 Å². The van der Waals surface area contributed by atoms with Crippen LogP contribution in [0.1, 0.15) is 11.4 Å². The van der Waals surface area contributed by atoms with Crippen LogP contribution in [0.5, 0.6) is 5.75 Å². The lowest BCUT2D eigenvalue weighted by molar-refractivity contribution is 0.413. The minimum atomic E-state index is -0.718. The van der Waals surface area contributed by atoms with Gasteiger partial charge in [-0.05, 0) is 26.0 Å². The molecular weight excluding hydrogens is 388 g/mol. The van der Waals surface area contributed by atoms with Crippen molar-refractivity contribution in [3.63, 3.8) is 0 Å². The van der Waals surface area contributed by atoms with Crippen LogP contribution in [0.2, 0.25) is 0 Å². The average Bonchev–Trinajstić information content (AvgIpc) is 3.14. The molecule has 0 bridgehead atoms. The molecule has 1 saturated heterocycles. The van der Waals surface area contributed by atoms with E-state index in [0.717, 1.165) is 47.4 Å². The number of benzene rings is 1. The topological polar surface area (TPSA) is 91.2 Å². The Bertz CT molecular complexity index is 1000. The largest absolute Gasteiger partial charge is 0.616 e. The number of anilines is 3. The first-order chi connectivity index (χ1) is 14.0. The number of nitrogens with one attached hydrogen (secondary N) is 1. The molecule has 1 fully saturated rings. The van der Waals surface area contributed by atoms with Crippen LogP contribution in [0.4, 0.5) is 17.5 Å². The molecule has 9 heteroatoms. The first-order valence-corrected chi connectivity index (χ1v) is 10.9. The lowest BCUT2D eigenvalue weighted by atomic mass is 10.2. The second-order valence-electron chi connectivity index (χ2n) is 6.96. The van der Waals surface area contributed by atoms with E-state index in [1.165, 1.54) is 0 Å². The number of hydrogen-bond donors (Lipinski definition) is 1. The number of ether oxygens (including phenoxy) is 1. The summed E-state index contributed by atoms with van der Waals surface area (Å²) in [6, 6.07) is 7.81. The lowest BCUT2D eigenvalue weighted by Crippen LogP contribution is -2.40. The molecule has 3 aromatic rings. The molecule has 0 saturated carbocycles. The minimum absolute atomic E-state index is 0.528. The Morgan fingerprint density at radius 2 is 1.90 bits per heavy atom. The second kappa shape index (κ2) is 8.30. The van der Waals surface area contributed by atoms with Crippen molar-refractivity contribution in [3.8, 4) is 11.4 Å². The van der Waals surface area contributed by atoms with Crippen LogP contribution in [0.15, 0.2) is 36.8 Å². The zero-order chi connectivity index (χ0) is 20.4. The van der Waals surface area contributed by atoms with Gasteiger partial charge in [0.2, 0.25) is 5.95 Å². The summed E-state index contributed by atoms with van der Waals surface area (Å²) in [7, 11) is 1.65. The monoisotopic (exact) mass is 412 g/mol. The molecular formula is C20H24N6O2S. The van der Waals surface area contributed by atoms with Gasteiger partial charge in [-0.25, -0.2) is 9.97 Å². The van der Waals surface area contributed by atoms with E-state index in [1.54, 1.807) is 13.4 Å². The summed E-state index contributed by atoms with van der Waals surface area (Å²) in [4.78, 5) is 15.6. The summed E-state index contributed by atoms with van der Waals surface area (Å²) >= 11 is -0.718. The number of methoxy groups -OCH3 is 1. The Hall–Kier alpha value is -2.78. The van der Waals surface area contributed by atoms with Crippen molar-refractivity contribution in [2.45, 2.75) is 13.8 Å².